The number of nitrogens with two attached hydrogens (primary N) is 1. The first kappa shape index (κ1) is 11.0. The van der Waals surface area contributed by atoms with Crippen LogP contribution in [-0.4, -0.2) is 19.3 Å². The normalized spacial score (nSPS) is 12.6. The van der Waals surface area contributed by atoms with Crippen molar-refractivity contribution in [3.63, 3.8) is 0 Å². The van der Waals surface area contributed by atoms with Gasteiger partial charge in [0.15, 0.2) is 0 Å². The first-order valence-electron chi connectivity index (χ1n) is 4.68. The van der Waals surface area contributed by atoms with Gasteiger partial charge in [-0.3, -0.25) is 0 Å². The molecule has 0 aliphatic rings. The lowest BCUT2D eigenvalue weighted by Crippen LogP contribution is -2.22. The summed E-state index contributed by atoms with van der Waals surface area (Å²) < 4.78 is 18.1. The van der Waals surface area contributed by atoms with Gasteiger partial charge in [0.25, 0.3) is 0 Å². The maximum absolute atomic E-state index is 12.8. The minimum absolute atomic E-state index is 0.00482. The highest BCUT2D eigenvalue weighted by atomic mass is 19.1. The Morgan fingerprint density at radius 3 is 2.79 bits per heavy atom. The molecule has 0 aromatic heterocycles. The van der Waals surface area contributed by atoms with Gasteiger partial charge in [0.1, 0.15) is 18.5 Å². The Hall–Kier alpha value is -1.09. The lowest BCUT2D eigenvalue weighted by Gasteiger charge is -2.12. The third-order valence-corrected chi connectivity index (χ3v) is 2.23. The van der Waals surface area contributed by atoms with Crippen LogP contribution in [0, 0.1) is 13.8 Å². The summed E-state index contributed by atoms with van der Waals surface area (Å²) in [5.74, 6) is 0.737. The van der Waals surface area contributed by atoms with Crippen LogP contribution >= 0.6 is 0 Å². The molecule has 14 heavy (non-hydrogen) atoms. The second kappa shape index (κ2) is 4.96. The van der Waals surface area contributed by atoms with Crippen molar-refractivity contribution in [2.24, 2.45) is 5.73 Å². The van der Waals surface area contributed by atoms with Gasteiger partial charge >= 0.3 is 0 Å². The predicted molar refractivity (Wildman–Crippen MR) is 55.4 cm³/mol. The van der Waals surface area contributed by atoms with Gasteiger partial charge in [-0.15, -0.1) is 0 Å². The molecule has 0 radical (unpaired) electrons. The van der Waals surface area contributed by atoms with Gasteiger partial charge in [-0.05, 0) is 31.0 Å². The highest BCUT2D eigenvalue weighted by Crippen LogP contribution is 2.20. The Bertz CT molecular complexity index is 301. The van der Waals surface area contributed by atoms with Crippen molar-refractivity contribution in [3.8, 4) is 5.75 Å². The third-order valence-electron chi connectivity index (χ3n) is 2.23. The summed E-state index contributed by atoms with van der Waals surface area (Å²) >= 11 is 0. The van der Waals surface area contributed by atoms with Crippen molar-refractivity contribution in [2.75, 3.05) is 13.2 Å². The fourth-order valence-corrected chi connectivity index (χ4v) is 1.13. The van der Waals surface area contributed by atoms with Crippen molar-refractivity contribution in [2.45, 2.75) is 20.0 Å². The summed E-state index contributed by atoms with van der Waals surface area (Å²) in [5, 5.41) is 0. The SMILES string of the molecule is Cc1cccc(OCC(F)CN)c1C. The van der Waals surface area contributed by atoms with Gasteiger partial charge < -0.3 is 10.5 Å². The highest BCUT2D eigenvalue weighted by molar-refractivity contribution is 5.38. The summed E-state index contributed by atoms with van der Waals surface area (Å²) in [7, 11) is 0. The zero-order valence-corrected chi connectivity index (χ0v) is 8.59. The average molecular weight is 197 g/mol. The van der Waals surface area contributed by atoms with Crippen molar-refractivity contribution in [1.82, 2.24) is 0 Å². The largest absolute Gasteiger partial charge is 0.490 e. The topological polar surface area (TPSA) is 35.2 Å². The molecule has 1 aromatic carbocycles. The number of benzene rings is 1. The molecule has 0 amide bonds. The first-order valence-corrected chi connectivity index (χ1v) is 4.68. The molecule has 0 saturated heterocycles. The fraction of sp³-hybridized carbons (Fsp3) is 0.455. The number of aryl methyl sites for hydroxylation is 1. The van der Waals surface area contributed by atoms with Crippen molar-refractivity contribution in [3.05, 3.63) is 29.3 Å². The van der Waals surface area contributed by atoms with Gasteiger partial charge in [0, 0.05) is 6.54 Å². The monoisotopic (exact) mass is 197 g/mol. The molecule has 0 fully saturated rings. The van der Waals surface area contributed by atoms with Crippen LogP contribution in [0.1, 0.15) is 11.1 Å². The molecule has 2 N–H and O–H groups in total. The Morgan fingerprint density at radius 2 is 2.14 bits per heavy atom. The molecule has 1 rings (SSSR count). The van der Waals surface area contributed by atoms with E-state index < -0.39 is 6.17 Å². The molecule has 1 atom stereocenters. The van der Waals surface area contributed by atoms with Crippen LogP contribution in [0.2, 0.25) is 0 Å². The van der Waals surface area contributed by atoms with Crippen molar-refractivity contribution >= 4 is 0 Å². The van der Waals surface area contributed by atoms with E-state index >= 15 is 0 Å². The lowest BCUT2D eigenvalue weighted by atomic mass is 10.1. The highest BCUT2D eigenvalue weighted by Gasteiger charge is 2.06. The number of rotatable bonds is 4. The van der Waals surface area contributed by atoms with E-state index in [1.54, 1.807) is 0 Å². The van der Waals surface area contributed by atoms with Crippen molar-refractivity contribution in [1.29, 1.82) is 0 Å². The zero-order valence-electron chi connectivity index (χ0n) is 8.59. The van der Waals surface area contributed by atoms with E-state index in [1.807, 2.05) is 32.0 Å². The number of hydrogen-bond donors (Lipinski definition) is 1. The minimum Gasteiger partial charge on any atom is -0.490 e. The average Bonchev–Trinajstić information content (AvgIpc) is 2.20. The van der Waals surface area contributed by atoms with Crippen LogP contribution in [0.5, 0.6) is 5.75 Å². The minimum atomic E-state index is -1.09. The summed E-state index contributed by atoms with van der Waals surface area (Å²) in [6.07, 6.45) is -1.09. The summed E-state index contributed by atoms with van der Waals surface area (Å²) in [4.78, 5) is 0. The van der Waals surface area contributed by atoms with Crippen LogP contribution in [-0.2, 0) is 0 Å². The molecule has 0 aliphatic carbocycles. The van der Waals surface area contributed by atoms with E-state index in [-0.39, 0.29) is 13.2 Å². The molecule has 0 bridgehead atoms. The number of hydrogen-bond acceptors (Lipinski definition) is 2. The molecule has 78 valence electrons. The molecular formula is C11H16FNO. The van der Waals surface area contributed by atoms with E-state index in [0.29, 0.717) is 0 Å². The maximum Gasteiger partial charge on any atom is 0.146 e. The van der Waals surface area contributed by atoms with Gasteiger partial charge in [-0.2, -0.15) is 0 Å². The zero-order chi connectivity index (χ0) is 10.6. The van der Waals surface area contributed by atoms with E-state index in [9.17, 15) is 4.39 Å². The predicted octanol–water partition coefficient (Wildman–Crippen LogP) is 1.98. The van der Waals surface area contributed by atoms with E-state index in [4.69, 9.17) is 10.5 Å². The van der Waals surface area contributed by atoms with E-state index in [2.05, 4.69) is 0 Å². The standard InChI is InChI=1S/C11H16FNO/c1-8-4-3-5-11(9(8)2)14-7-10(12)6-13/h3-5,10H,6-7,13H2,1-2H3. The van der Waals surface area contributed by atoms with Crippen LogP contribution in [0.15, 0.2) is 18.2 Å². The van der Waals surface area contributed by atoms with Gasteiger partial charge in [0.2, 0.25) is 0 Å². The van der Waals surface area contributed by atoms with E-state index in [0.717, 1.165) is 16.9 Å². The summed E-state index contributed by atoms with van der Waals surface area (Å²) in [6.45, 7) is 3.99. The Balaban J connectivity index is 2.63. The smallest absolute Gasteiger partial charge is 0.146 e. The van der Waals surface area contributed by atoms with Crippen LogP contribution in [0.25, 0.3) is 0 Å². The maximum atomic E-state index is 12.8. The molecule has 3 heteroatoms. The second-order valence-electron chi connectivity index (χ2n) is 3.34. The molecule has 1 aromatic rings. The second-order valence-corrected chi connectivity index (χ2v) is 3.34. The Labute approximate surface area is 83.9 Å². The molecule has 0 aliphatic heterocycles. The van der Waals surface area contributed by atoms with Gasteiger partial charge in [0.05, 0.1) is 0 Å². The van der Waals surface area contributed by atoms with Gasteiger partial charge in [-0.25, -0.2) is 4.39 Å². The number of ether oxygens (including phenoxy) is 1. The van der Waals surface area contributed by atoms with Crippen LogP contribution in [0.4, 0.5) is 4.39 Å². The molecule has 0 heterocycles. The fourth-order valence-electron chi connectivity index (χ4n) is 1.13. The molecule has 1 unspecified atom stereocenters. The molecular weight excluding hydrogens is 181 g/mol. The van der Waals surface area contributed by atoms with E-state index in [1.165, 1.54) is 0 Å². The summed E-state index contributed by atoms with van der Waals surface area (Å²) in [5.41, 5.74) is 7.35. The number of alkyl halides is 1. The quantitative estimate of drug-likeness (QED) is 0.801. The summed E-state index contributed by atoms with van der Waals surface area (Å²) in [6, 6.07) is 5.73. The number of halogens is 1. The molecule has 0 spiro atoms. The van der Waals surface area contributed by atoms with Gasteiger partial charge in [-0.1, -0.05) is 12.1 Å². The Morgan fingerprint density at radius 1 is 1.43 bits per heavy atom. The molecule has 2 nitrogen and oxygen atoms in total. The third kappa shape index (κ3) is 2.70. The first-order chi connectivity index (χ1) is 6.65. The molecule has 0 saturated carbocycles. The Kier molecular flexibility index (Phi) is 3.89. The van der Waals surface area contributed by atoms with Crippen molar-refractivity contribution < 1.29 is 9.13 Å². The van der Waals surface area contributed by atoms with Crippen LogP contribution in [0.3, 0.4) is 0 Å². The van der Waals surface area contributed by atoms with Crippen LogP contribution < -0.4 is 10.5 Å². The lowest BCUT2D eigenvalue weighted by molar-refractivity contribution is 0.200.